The molecule has 1 fully saturated rings. The Hall–Kier alpha value is -2.71. The molecule has 3 rings (SSSR count). The number of carbonyl (C=O) groups is 1. The van der Waals surface area contributed by atoms with E-state index >= 15 is 0 Å². The number of nitrogens with one attached hydrogen (secondary N) is 1. The van der Waals surface area contributed by atoms with Crippen molar-refractivity contribution in [1.82, 2.24) is 20.0 Å². The monoisotopic (exact) mass is 386 g/mol. The van der Waals surface area contributed by atoms with Crippen molar-refractivity contribution in [2.24, 2.45) is 0 Å². The number of nitrogens with zero attached hydrogens (tertiary/aromatic N) is 3. The molecular formula is C19H22N4O3S. The van der Waals surface area contributed by atoms with Crippen molar-refractivity contribution >= 4 is 29.3 Å². The average molecular weight is 386 g/mol. The second-order valence-corrected chi connectivity index (χ2v) is 6.45. The molecular weight excluding hydrogens is 364 g/mol. The zero-order valence-electron chi connectivity index (χ0n) is 15.3. The van der Waals surface area contributed by atoms with Crippen LogP contribution in [0.3, 0.4) is 0 Å². The van der Waals surface area contributed by atoms with Gasteiger partial charge in [0.05, 0.1) is 13.7 Å². The minimum atomic E-state index is -0.124. The van der Waals surface area contributed by atoms with Gasteiger partial charge in [-0.05, 0) is 48.5 Å². The lowest BCUT2D eigenvalue weighted by molar-refractivity contribution is -0.122. The van der Waals surface area contributed by atoms with Gasteiger partial charge in [-0.3, -0.25) is 14.4 Å². The van der Waals surface area contributed by atoms with Crippen molar-refractivity contribution in [2.45, 2.75) is 13.0 Å². The molecule has 1 aromatic heterocycles. The number of benzene rings is 1. The minimum absolute atomic E-state index is 0.124. The van der Waals surface area contributed by atoms with E-state index in [2.05, 4.69) is 10.4 Å². The Morgan fingerprint density at radius 2 is 2.19 bits per heavy atom. The summed E-state index contributed by atoms with van der Waals surface area (Å²) in [5.74, 6) is 0.649. The van der Waals surface area contributed by atoms with Gasteiger partial charge in [-0.2, -0.15) is 5.10 Å². The van der Waals surface area contributed by atoms with Crippen molar-refractivity contribution in [3.05, 3.63) is 53.5 Å². The van der Waals surface area contributed by atoms with Gasteiger partial charge in [-0.1, -0.05) is 6.07 Å². The van der Waals surface area contributed by atoms with E-state index < -0.39 is 0 Å². The molecule has 8 heteroatoms. The van der Waals surface area contributed by atoms with E-state index in [4.69, 9.17) is 21.7 Å². The minimum Gasteiger partial charge on any atom is -0.496 e. The number of hydrogen-bond donors (Lipinski definition) is 1. The lowest BCUT2D eigenvalue weighted by Crippen LogP contribution is -2.32. The summed E-state index contributed by atoms with van der Waals surface area (Å²) in [6, 6.07) is 7.65. The zero-order chi connectivity index (χ0) is 19.2. The van der Waals surface area contributed by atoms with Crippen molar-refractivity contribution in [3.8, 4) is 5.75 Å². The summed E-state index contributed by atoms with van der Waals surface area (Å²) in [5, 5.41) is 7.66. The molecule has 0 aliphatic carbocycles. The average Bonchev–Trinajstić information content (AvgIpc) is 3.26. The van der Waals surface area contributed by atoms with E-state index in [-0.39, 0.29) is 5.91 Å². The van der Waals surface area contributed by atoms with Crippen molar-refractivity contribution < 1.29 is 14.3 Å². The van der Waals surface area contributed by atoms with Crippen LogP contribution in [0.15, 0.2) is 42.4 Å². The topological polar surface area (TPSA) is 68.6 Å². The second-order valence-electron chi connectivity index (χ2n) is 6.07. The standard InChI is InChI=1S/C19H22N4O3S/c1-25-10-4-9-23-18(24)16(21-19(23)27)12-14-5-6-17(26-2)15(11-14)13-22-8-3-7-20-22/h3,5-8,11-12H,4,9-10,13H2,1-2H3,(H,21,27)/b16-12+. The van der Waals surface area contributed by atoms with E-state index in [0.29, 0.717) is 30.5 Å². The van der Waals surface area contributed by atoms with Gasteiger partial charge in [0.1, 0.15) is 11.4 Å². The highest BCUT2D eigenvalue weighted by molar-refractivity contribution is 7.80. The van der Waals surface area contributed by atoms with Crippen LogP contribution in [0.1, 0.15) is 17.5 Å². The maximum atomic E-state index is 12.6. The maximum absolute atomic E-state index is 12.6. The molecule has 27 heavy (non-hydrogen) atoms. The first-order valence-electron chi connectivity index (χ1n) is 8.60. The van der Waals surface area contributed by atoms with Crippen LogP contribution in [0.4, 0.5) is 0 Å². The molecule has 2 heterocycles. The number of thiocarbonyl (C=S) groups is 1. The van der Waals surface area contributed by atoms with Crippen molar-refractivity contribution in [3.63, 3.8) is 0 Å². The largest absolute Gasteiger partial charge is 0.496 e. The fourth-order valence-electron chi connectivity index (χ4n) is 2.89. The lowest BCUT2D eigenvalue weighted by Gasteiger charge is -2.13. The molecule has 1 saturated heterocycles. The SMILES string of the molecule is COCCCN1C(=O)/C(=C\c2ccc(OC)c(Cn3cccn3)c2)NC1=S. The van der Waals surface area contributed by atoms with E-state index in [0.717, 1.165) is 23.3 Å². The Bertz CT molecular complexity index is 849. The van der Waals surface area contributed by atoms with Gasteiger partial charge in [0, 0.05) is 38.2 Å². The molecule has 0 radical (unpaired) electrons. The molecule has 0 saturated carbocycles. The number of methoxy groups -OCH3 is 2. The van der Waals surface area contributed by atoms with Crippen LogP contribution in [-0.2, 0) is 16.1 Å². The van der Waals surface area contributed by atoms with Crippen molar-refractivity contribution in [1.29, 1.82) is 0 Å². The third-order valence-corrected chi connectivity index (χ3v) is 4.52. The third-order valence-electron chi connectivity index (χ3n) is 4.20. The Kier molecular flexibility index (Phi) is 6.20. The Balaban J connectivity index is 1.80. The number of ether oxygens (including phenoxy) is 2. The molecule has 1 aliphatic heterocycles. The molecule has 0 atom stereocenters. The van der Waals surface area contributed by atoms with Gasteiger partial charge in [-0.15, -0.1) is 0 Å². The number of rotatable bonds is 8. The quantitative estimate of drug-likeness (QED) is 0.425. The van der Waals surface area contributed by atoms with Gasteiger partial charge in [0.2, 0.25) is 0 Å². The Morgan fingerprint density at radius 3 is 2.89 bits per heavy atom. The molecule has 1 N–H and O–H groups in total. The molecule has 2 aromatic rings. The highest BCUT2D eigenvalue weighted by Crippen LogP contribution is 2.23. The zero-order valence-corrected chi connectivity index (χ0v) is 16.2. The molecule has 1 aromatic carbocycles. The Labute approximate surface area is 163 Å². The van der Waals surface area contributed by atoms with Crippen LogP contribution in [0.25, 0.3) is 6.08 Å². The first kappa shape index (κ1) is 19.1. The number of aromatic nitrogens is 2. The fourth-order valence-corrected chi connectivity index (χ4v) is 3.17. The fraction of sp³-hybridized carbons (Fsp3) is 0.316. The summed E-state index contributed by atoms with van der Waals surface area (Å²) in [4.78, 5) is 14.2. The normalized spacial score (nSPS) is 15.5. The smallest absolute Gasteiger partial charge is 0.276 e. The van der Waals surface area contributed by atoms with Gasteiger partial charge < -0.3 is 14.8 Å². The van der Waals surface area contributed by atoms with Crippen LogP contribution in [-0.4, -0.2) is 53.1 Å². The van der Waals surface area contributed by atoms with Crippen LogP contribution < -0.4 is 10.1 Å². The number of amides is 1. The highest BCUT2D eigenvalue weighted by atomic mass is 32.1. The van der Waals surface area contributed by atoms with Gasteiger partial charge in [-0.25, -0.2) is 0 Å². The van der Waals surface area contributed by atoms with E-state index in [1.165, 1.54) is 0 Å². The lowest BCUT2D eigenvalue weighted by atomic mass is 10.1. The molecule has 1 amide bonds. The summed E-state index contributed by atoms with van der Waals surface area (Å²) in [5.41, 5.74) is 2.32. The maximum Gasteiger partial charge on any atom is 0.276 e. The van der Waals surface area contributed by atoms with Crippen LogP contribution >= 0.6 is 12.2 Å². The second kappa shape index (κ2) is 8.79. The van der Waals surface area contributed by atoms with Crippen molar-refractivity contribution in [2.75, 3.05) is 27.4 Å². The molecule has 1 aliphatic rings. The molecule has 0 unspecified atom stereocenters. The summed E-state index contributed by atoms with van der Waals surface area (Å²) in [6.07, 6.45) is 6.16. The highest BCUT2D eigenvalue weighted by Gasteiger charge is 2.30. The predicted octanol–water partition coefficient (Wildman–Crippen LogP) is 2.03. The summed E-state index contributed by atoms with van der Waals surface area (Å²) < 4.78 is 12.3. The molecule has 0 bridgehead atoms. The predicted molar refractivity (Wildman–Crippen MR) is 106 cm³/mol. The van der Waals surface area contributed by atoms with E-state index in [9.17, 15) is 4.79 Å². The van der Waals surface area contributed by atoms with Gasteiger partial charge in [0.15, 0.2) is 5.11 Å². The van der Waals surface area contributed by atoms with Crippen LogP contribution in [0.2, 0.25) is 0 Å². The molecule has 142 valence electrons. The first-order chi connectivity index (χ1) is 13.1. The van der Waals surface area contributed by atoms with Gasteiger partial charge >= 0.3 is 0 Å². The summed E-state index contributed by atoms with van der Waals surface area (Å²) in [7, 11) is 3.27. The molecule has 7 nitrogen and oxygen atoms in total. The summed E-state index contributed by atoms with van der Waals surface area (Å²) >= 11 is 5.28. The van der Waals surface area contributed by atoms with Crippen LogP contribution in [0, 0.1) is 0 Å². The van der Waals surface area contributed by atoms with Crippen LogP contribution in [0.5, 0.6) is 5.75 Å². The Morgan fingerprint density at radius 1 is 1.33 bits per heavy atom. The first-order valence-corrected chi connectivity index (χ1v) is 9.01. The molecule has 0 spiro atoms. The van der Waals surface area contributed by atoms with E-state index in [1.54, 1.807) is 31.4 Å². The number of carbonyl (C=O) groups excluding carboxylic acids is 1. The van der Waals surface area contributed by atoms with E-state index in [1.807, 2.05) is 35.1 Å². The summed E-state index contributed by atoms with van der Waals surface area (Å²) in [6.45, 7) is 1.69. The van der Waals surface area contributed by atoms with Gasteiger partial charge in [0.25, 0.3) is 5.91 Å². The number of hydrogen-bond acceptors (Lipinski definition) is 5. The third kappa shape index (κ3) is 4.53.